The molecule has 0 unspecified atom stereocenters. The Morgan fingerprint density at radius 1 is 1.04 bits per heavy atom. The Hall–Kier alpha value is -1.35. The molecule has 1 aliphatic rings. The Morgan fingerprint density at radius 3 is 2.08 bits per heavy atom. The number of anilines is 1. The normalized spacial score (nSPS) is 13.7. The number of nitrogens with zero attached hydrogens (tertiary/aromatic N) is 1. The van der Waals surface area contributed by atoms with Crippen molar-refractivity contribution in [3.8, 4) is 0 Å². The monoisotopic (exact) mass is 527 g/mol. The summed E-state index contributed by atoms with van der Waals surface area (Å²) < 4.78 is 23.9. The van der Waals surface area contributed by atoms with Crippen molar-refractivity contribution in [2.24, 2.45) is 0 Å². The van der Waals surface area contributed by atoms with Crippen LogP contribution in [0.3, 0.4) is 0 Å². The van der Waals surface area contributed by atoms with Gasteiger partial charge in [-0.2, -0.15) is 0 Å². The molecule has 1 aromatic rings. The van der Waals surface area contributed by atoms with Gasteiger partial charge in [0, 0.05) is 6.20 Å². The maximum absolute atomic E-state index is 14.1. The number of rotatable bonds is 3. The van der Waals surface area contributed by atoms with Crippen molar-refractivity contribution in [2.45, 2.75) is 0 Å². The lowest BCUT2D eigenvalue weighted by Crippen LogP contribution is -2.27. The zero-order chi connectivity index (χ0) is 19.6. The molecule has 1 heterocycles. The number of methoxy groups -OCH3 is 2. The van der Waals surface area contributed by atoms with Crippen LogP contribution in [0.2, 0.25) is 10.0 Å². The minimum absolute atomic E-state index is 0.0697. The molecular weight excluding hydrogens is 520 g/mol. The summed E-state index contributed by atoms with van der Waals surface area (Å²) in [6.45, 7) is 0. The fourth-order valence-electron chi connectivity index (χ4n) is 2.14. The standard InChI is InChI=1S/C16H10Br2Cl2FNO4/c1-25-15(23)7-5-3-4-6-22(13(7)16(24)26-2)14-8(17)10(19)12(21)11(20)9(14)18/h3-6H,1-2H3. The fourth-order valence-corrected chi connectivity index (χ4v) is 3.95. The summed E-state index contributed by atoms with van der Waals surface area (Å²) >= 11 is 18.4. The summed E-state index contributed by atoms with van der Waals surface area (Å²) in [6, 6.07) is 0. The van der Waals surface area contributed by atoms with E-state index in [1.165, 1.54) is 30.4 Å². The van der Waals surface area contributed by atoms with E-state index >= 15 is 0 Å². The Labute approximate surface area is 175 Å². The Balaban J connectivity index is 2.87. The van der Waals surface area contributed by atoms with Crippen LogP contribution in [0.5, 0.6) is 0 Å². The van der Waals surface area contributed by atoms with E-state index in [4.69, 9.17) is 32.7 Å². The van der Waals surface area contributed by atoms with Gasteiger partial charge in [-0.3, -0.25) is 0 Å². The number of benzene rings is 1. The minimum atomic E-state index is -0.843. The molecule has 1 aliphatic heterocycles. The van der Waals surface area contributed by atoms with Crippen molar-refractivity contribution < 1.29 is 23.5 Å². The molecule has 10 heteroatoms. The molecule has 2 rings (SSSR count). The molecule has 0 saturated heterocycles. The van der Waals surface area contributed by atoms with Crippen LogP contribution in [0.4, 0.5) is 10.1 Å². The van der Waals surface area contributed by atoms with Crippen molar-refractivity contribution in [3.63, 3.8) is 0 Å². The summed E-state index contributed by atoms with van der Waals surface area (Å²) in [5, 5.41) is -0.578. The van der Waals surface area contributed by atoms with Gasteiger partial charge in [-0.25, -0.2) is 14.0 Å². The number of carbonyl (C=O) groups is 2. The molecule has 0 aliphatic carbocycles. The van der Waals surface area contributed by atoms with Crippen molar-refractivity contribution in [1.82, 2.24) is 0 Å². The van der Waals surface area contributed by atoms with Gasteiger partial charge in [0.1, 0.15) is 5.70 Å². The van der Waals surface area contributed by atoms with Gasteiger partial charge in [-0.05, 0) is 44.0 Å². The van der Waals surface area contributed by atoms with Crippen LogP contribution in [0.1, 0.15) is 0 Å². The minimum Gasteiger partial charge on any atom is -0.465 e. The number of hydrogen-bond donors (Lipinski definition) is 0. The van der Waals surface area contributed by atoms with Gasteiger partial charge in [0.2, 0.25) is 0 Å². The Bertz CT molecular complexity index is 854. The number of ether oxygens (including phenoxy) is 2. The van der Waals surface area contributed by atoms with Gasteiger partial charge in [0.05, 0.1) is 44.5 Å². The largest absolute Gasteiger partial charge is 0.465 e. The molecule has 0 atom stereocenters. The Kier molecular flexibility index (Phi) is 6.90. The molecule has 0 spiro atoms. The van der Waals surface area contributed by atoms with E-state index < -0.39 is 17.8 Å². The number of halogens is 5. The van der Waals surface area contributed by atoms with E-state index in [0.29, 0.717) is 0 Å². The van der Waals surface area contributed by atoms with E-state index in [1.807, 2.05) is 0 Å². The number of hydrogen-bond acceptors (Lipinski definition) is 5. The summed E-state index contributed by atoms with van der Waals surface area (Å²) in [7, 11) is 2.34. The van der Waals surface area contributed by atoms with Crippen LogP contribution >= 0.6 is 55.1 Å². The van der Waals surface area contributed by atoms with Gasteiger partial charge in [-0.15, -0.1) is 0 Å². The first-order valence-electron chi connectivity index (χ1n) is 6.82. The third kappa shape index (κ3) is 3.69. The smallest absolute Gasteiger partial charge is 0.355 e. The van der Waals surface area contributed by atoms with Crippen molar-refractivity contribution in [2.75, 3.05) is 19.1 Å². The van der Waals surface area contributed by atoms with Gasteiger partial charge < -0.3 is 14.4 Å². The van der Waals surface area contributed by atoms with Crippen LogP contribution < -0.4 is 4.90 Å². The zero-order valence-electron chi connectivity index (χ0n) is 13.3. The summed E-state index contributed by atoms with van der Waals surface area (Å²) in [5.41, 5.74) is -0.0348. The van der Waals surface area contributed by atoms with Crippen LogP contribution in [-0.4, -0.2) is 26.2 Å². The van der Waals surface area contributed by atoms with E-state index in [-0.39, 0.29) is 35.9 Å². The van der Waals surface area contributed by atoms with Crippen LogP contribution in [0, 0.1) is 5.82 Å². The van der Waals surface area contributed by atoms with E-state index in [2.05, 4.69) is 31.9 Å². The van der Waals surface area contributed by atoms with Crippen molar-refractivity contribution in [1.29, 1.82) is 0 Å². The average Bonchev–Trinajstić information content (AvgIpc) is 2.86. The number of esters is 2. The van der Waals surface area contributed by atoms with Crippen LogP contribution in [-0.2, 0) is 19.1 Å². The van der Waals surface area contributed by atoms with Crippen molar-refractivity contribution in [3.05, 3.63) is 60.5 Å². The van der Waals surface area contributed by atoms with Gasteiger partial charge >= 0.3 is 11.9 Å². The first-order chi connectivity index (χ1) is 12.3. The predicted molar refractivity (Wildman–Crippen MR) is 104 cm³/mol. The maximum atomic E-state index is 14.1. The fraction of sp³-hybridized carbons (Fsp3) is 0.125. The van der Waals surface area contributed by atoms with Gasteiger partial charge in [-0.1, -0.05) is 29.3 Å². The van der Waals surface area contributed by atoms with E-state index in [0.717, 1.165) is 7.11 Å². The first-order valence-corrected chi connectivity index (χ1v) is 9.16. The average molecular weight is 530 g/mol. The highest BCUT2D eigenvalue weighted by atomic mass is 79.9. The second-order valence-electron chi connectivity index (χ2n) is 4.73. The van der Waals surface area contributed by atoms with Gasteiger partial charge in [0.25, 0.3) is 0 Å². The number of allylic oxidation sites excluding steroid dienone is 2. The van der Waals surface area contributed by atoms with E-state index in [1.54, 1.807) is 6.08 Å². The maximum Gasteiger partial charge on any atom is 0.355 e. The van der Waals surface area contributed by atoms with Crippen LogP contribution in [0.25, 0.3) is 0 Å². The molecule has 0 fully saturated rings. The molecule has 5 nitrogen and oxygen atoms in total. The lowest BCUT2D eigenvalue weighted by molar-refractivity contribution is -0.139. The van der Waals surface area contributed by atoms with Gasteiger partial charge in [0.15, 0.2) is 5.82 Å². The molecular formula is C16H10Br2Cl2FNO4. The quantitative estimate of drug-likeness (QED) is 0.308. The SMILES string of the molecule is COC(=O)C1=C(C(=O)OC)N(c2c(Br)c(Cl)c(F)c(Cl)c2Br)C=CC=C1. The Morgan fingerprint density at radius 2 is 1.58 bits per heavy atom. The van der Waals surface area contributed by atoms with E-state index in [9.17, 15) is 14.0 Å². The van der Waals surface area contributed by atoms with Crippen molar-refractivity contribution >= 4 is 72.7 Å². The zero-order valence-corrected chi connectivity index (χ0v) is 18.0. The number of carbonyl (C=O) groups excluding carboxylic acids is 2. The highest BCUT2D eigenvalue weighted by Crippen LogP contribution is 2.47. The molecule has 0 N–H and O–H groups in total. The topological polar surface area (TPSA) is 55.8 Å². The molecule has 0 radical (unpaired) electrons. The lowest BCUT2D eigenvalue weighted by atomic mass is 10.1. The molecule has 0 saturated carbocycles. The molecule has 26 heavy (non-hydrogen) atoms. The molecule has 0 aromatic heterocycles. The third-order valence-corrected chi connectivity index (χ3v) is 6.03. The predicted octanol–water partition coefficient (Wildman–Crippen LogP) is 5.15. The van der Waals surface area contributed by atoms with Crippen LogP contribution in [0.15, 0.2) is 44.6 Å². The summed E-state index contributed by atoms with van der Waals surface area (Å²) in [4.78, 5) is 25.9. The molecule has 0 amide bonds. The summed E-state index contributed by atoms with van der Waals surface area (Å²) in [5.74, 6) is -2.43. The third-order valence-electron chi connectivity index (χ3n) is 3.32. The second kappa shape index (κ2) is 8.56. The highest BCUT2D eigenvalue weighted by molar-refractivity contribution is 9.11. The summed E-state index contributed by atoms with van der Waals surface area (Å²) in [6.07, 6.45) is 5.95. The first kappa shape index (κ1) is 21.0. The second-order valence-corrected chi connectivity index (χ2v) is 7.08. The highest BCUT2D eigenvalue weighted by Gasteiger charge is 2.32. The lowest BCUT2D eigenvalue weighted by Gasteiger charge is -2.26. The molecule has 138 valence electrons. The molecule has 0 bridgehead atoms. The molecule has 1 aromatic carbocycles.